The van der Waals surface area contributed by atoms with E-state index in [0.29, 0.717) is 34.9 Å². The van der Waals surface area contributed by atoms with E-state index in [1.54, 1.807) is 78.6 Å². The Kier molecular flexibility index (Phi) is 8.88. The summed E-state index contributed by atoms with van der Waals surface area (Å²) >= 11 is 5.67. The molecule has 0 bridgehead atoms. The highest BCUT2D eigenvalue weighted by molar-refractivity contribution is 7.80. The number of anilines is 2. The molecule has 1 fully saturated rings. The third-order valence-corrected chi connectivity index (χ3v) is 6.50. The van der Waals surface area contributed by atoms with E-state index in [0.717, 1.165) is 0 Å². The maximum atomic E-state index is 14.5. The number of ether oxygens (including phenoxy) is 2. The third-order valence-electron chi connectivity index (χ3n) is 6.08. The number of hydrogen-bond acceptors (Lipinski definition) is 6. The van der Waals surface area contributed by atoms with Crippen LogP contribution in [-0.4, -0.2) is 47.1 Å². The summed E-state index contributed by atoms with van der Waals surface area (Å²) in [6.07, 6.45) is -0.222. The van der Waals surface area contributed by atoms with E-state index in [2.05, 4.69) is 5.32 Å². The first kappa shape index (κ1) is 27.7. The van der Waals surface area contributed by atoms with Crippen LogP contribution >= 0.6 is 12.2 Å². The van der Waals surface area contributed by atoms with Gasteiger partial charge in [0, 0.05) is 17.8 Å². The molecule has 8 nitrogen and oxygen atoms in total. The summed E-state index contributed by atoms with van der Waals surface area (Å²) in [5.41, 5.74) is 1.67. The minimum Gasteiger partial charge on any atom is -0.494 e. The molecule has 202 valence electrons. The first-order valence-electron chi connectivity index (χ1n) is 12.5. The Morgan fingerprint density at radius 2 is 1.67 bits per heavy atom. The van der Waals surface area contributed by atoms with Crippen molar-refractivity contribution >= 4 is 46.5 Å². The minimum absolute atomic E-state index is 0.0109. The van der Waals surface area contributed by atoms with Crippen LogP contribution in [0.25, 0.3) is 0 Å². The molecule has 0 saturated carbocycles. The predicted molar refractivity (Wildman–Crippen MR) is 149 cm³/mol. The number of halogens is 1. The molecule has 2 amide bonds. The number of carbonyl (C=O) groups is 3. The molecule has 3 aromatic carbocycles. The average Bonchev–Trinajstić information content (AvgIpc) is 3.15. The fraction of sp³-hybridized carbons (Fsp3) is 0.241. The lowest BCUT2D eigenvalue weighted by Gasteiger charge is -2.24. The summed E-state index contributed by atoms with van der Waals surface area (Å²) in [6.45, 7) is 4.36. The van der Waals surface area contributed by atoms with Gasteiger partial charge < -0.3 is 19.7 Å². The first-order valence-corrected chi connectivity index (χ1v) is 12.9. The zero-order chi connectivity index (χ0) is 27.9. The topological polar surface area (TPSA) is 88.2 Å². The molecule has 1 unspecified atom stereocenters. The zero-order valence-electron chi connectivity index (χ0n) is 21.6. The van der Waals surface area contributed by atoms with E-state index >= 15 is 0 Å². The van der Waals surface area contributed by atoms with Gasteiger partial charge in [-0.25, -0.2) is 9.18 Å². The summed E-state index contributed by atoms with van der Waals surface area (Å²) in [5, 5.41) is 2.92. The highest BCUT2D eigenvalue weighted by atomic mass is 32.1. The van der Waals surface area contributed by atoms with Crippen molar-refractivity contribution in [3.63, 3.8) is 0 Å². The van der Waals surface area contributed by atoms with Gasteiger partial charge in [-0.3, -0.25) is 14.5 Å². The highest BCUT2D eigenvalue weighted by Crippen LogP contribution is 2.30. The Morgan fingerprint density at radius 1 is 0.974 bits per heavy atom. The van der Waals surface area contributed by atoms with Crippen LogP contribution < -0.4 is 15.0 Å². The minimum atomic E-state index is -0.956. The molecule has 10 heteroatoms. The molecule has 1 atom stereocenters. The lowest BCUT2D eigenvalue weighted by atomic mass is 10.1. The molecule has 0 aliphatic carbocycles. The van der Waals surface area contributed by atoms with Gasteiger partial charge in [0.15, 0.2) is 5.11 Å². The van der Waals surface area contributed by atoms with Gasteiger partial charge in [0.1, 0.15) is 17.6 Å². The lowest BCUT2D eigenvalue weighted by molar-refractivity contribution is -0.124. The van der Waals surface area contributed by atoms with Crippen LogP contribution in [0.4, 0.5) is 15.8 Å². The van der Waals surface area contributed by atoms with Gasteiger partial charge in [-0.2, -0.15) is 0 Å². The second kappa shape index (κ2) is 12.5. The van der Waals surface area contributed by atoms with Crippen molar-refractivity contribution in [3.05, 3.63) is 89.7 Å². The first-order chi connectivity index (χ1) is 18.8. The number of hydrogen-bond donors (Lipinski definition) is 1. The molecule has 3 aromatic rings. The second-order valence-corrected chi connectivity index (χ2v) is 9.03. The lowest BCUT2D eigenvalue weighted by Crippen LogP contribution is -2.37. The van der Waals surface area contributed by atoms with Crippen LogP contribution in [0.1, 0.15) is 36.2 Å². The fourth-order valence-electron chi connectivity index (χ4n) is 4.21. The van der Waals surface area contributed by atoms with Gasteiger partial charge in [-0.1, -0.05) is 18.2 Å². The Morgan fingerprint density at radius 3 is 2.31 bits per heavy atom. The van der Waals surface area contributed by atoms with E-state index in [4.69, 9.17) is 21.7 Å². The number of carbonyl (C=O) groups excluding carboxylic acids is 3. The van der Waals surface area contributed by atoms with Crippen LogP contribution in [0.3, 0.4) is 0 Å². The van der Waals surface area contributed by atoms with Gasteiger partial charge in [0.25, 0.3) is 5.91 Å². The van der Waals surface area contributed by atoms with Crippen molar-refractivity contribution < 1.29 is 28.2 Å². The van der Waals surface area contributed by atoms with Gasteiger partial charge in [-0.05, 0) is 80.7 Å². The van der Waals surface area contributed by atoms with Crippen LogP contribution in [0.2, 0.25) is 0 Å². The van der Waals surface area contributed by atoms with Crippen molar-refractivity contribution in [2.24, 2.45) is 0 Å². The van der Waals surface area contributed by atoms with Crippen LogP contribution in [0, 0.1) is 5.82 Å². The van der Waals surface area contributed by atoms with Crippen molar-refractivity contribution in [3.8, 4) is 5.75 Å². The van der Waals surface area contributed by atoms with Crippen molar-refractivity contribution in [2.45, 2.75) is 32.9 Å². The highest BCUT2D eigenvalue weighted by Gasteiger charge is 2.44. The molecule has 0 radical (unpaired) electrons. The number of nitrogens with zero attached hydrogens (tertiary/aromatic N) is 2. The summed E-state index contributed by atoms with van der Waals surface area (Å²) < 4.78 is 25.0. The molecule has 1 aliphatic heterocycles. The summed E-state index contributed by atoms with van der Waals surface area (Å²) in [5.74, 6) is -1.08. The molecule has 1 heterocycles. The van der Waals surface area contributed by atoms with Crippen molar-refractivity contribution in [2.75, 3.05) is 23.4 Å². The molecule has 4 rings (SSSR count). The van der Waals surface area contributed by atoms with Gasteiger partial charge in [0.2, 0.25) is 5.91 Å². The summed E-state index contributed by atoms with van der Waals surface area (Å²) in [6, 6.07) is 18.4. The molecule has 1 aliphatic rings. The van der Waals surface area contributed by atoms with Crippen LogP contribution in [0.15, 0.2) is 72.8 Å². The van der Waals surface area contributed by atoms with Crippen LogP contribution in [-0.2, 0) is 20.9 Å². The van der Waals surface area contributed by atoms with Gasteiger partial charge in [0.05, 0.1) is 30.9 Å². The standard InChI is InChI=1S/C29H28FN3O5S/c1-3-37-23-15-13-22(14-16-23)33-27(35)25(32(29(33)39)18-20-7-5-6-8-24(20)30)17-26(34)31-21-11-9-19(10-12-21)28(36)38-4-2/h5-16,25H,3-4,17-18H2,1-2H3,(H,31,34). The van der Waals surface area contributed by atoms with E-state index in [1.165, 1.54) is 11.0 Å². The Hall–Kier alpha value is -4.31. The third kappa shape index (κ3) is 6.40. The normalized spacial score (nSPS) is 14.9. The number of nitrogens with one attached hydrogen (secondary N) is 1. The van der Waals surface area contributed by atoms with E-state index in [1.807, 2.05) is 6.92 Å². The number of esters is 1. The molecule has 0 aromatic heterocycles. The van der Waals surface area contributed by atoms with Crippen molar-refractivity contribution in [1.29, 1.82) is 0 Å². The van der Waals surface area contributed by atoms with Crippen LogP contribution in [0.5, 0.6) is 5.75 Å². The molecule has 1 saturated heterocycles. The maximum Gasteiger partial charge on any atom is 0.338 e. The Bertz CT molecular complexity index is 1360. The molecular formula is C29H28FN3O5S. The van der Waals surface area contributed by atoms with E-state index in [9.17, 15) is 18.8 Å². The van der Waals surface area contributed by atoms with Gasteiger partial charge >= 0.3 is 5.97 Å². The van der Waals surface area contributed by atoms with Crippen molar-refractivity contribution in [1.82, 2.24) is 4.90 Å². The Labute approximate surface area is 231 Å². The predicted octanol–water partition coefficient (Wildman–Crippen LogP) is 4.93. The largest absolute Gasteiger partial charge is 0.494 e. The molecule has 0 spiro atoms. The molecule has 1 N–H and O–H groups in total. The molecular weight excluding hydrogens is 521 g/mol. The second-order valence-electron chi connectivity index (χ2n) is 8.67. The monoisotopic (exact) mass is 549 g/mol. The van der Waals surface area contributed by atoms with Gasteiger partial charge in [-0.15, -0.1) is 0 Å². The summed E-state index contributed by atoms with van der Waals surface area (Å²) in [4.78, 5) is 41.5. The smallest absolute Gasteiger partial charge is 0.338 e. The van der Waals surface area contributed by atoms with E-state index < -0.39 is 29.6 Å². The van der Waals surface area contributed by atoms with E-state index in [-0.39, 0.29) is 24.7 Å². The summed E-state index contributed by atoms with van der Waals surface area (Å²) in [7, 11) is 0. The molecule has 39 heavy (non-hydrogen) atoms. The number of thiocarbonyl (C=S) groups is 1. The number of benzene rings is 3. The zero-order valence-corrected chi connectivity index (χ0v) is 22.4. The number of rotatable bonds is 10. The Balaban J connectivity index is 1.55. The quantitative estimate of drug-likeness (QED) is 0.283. The SMILES string of the molecule is CCOC(=O)c1ccc(NC(=O)CC2C(=O)N(c3ccc(OCC)cc3)C(=S)N2Cc2ccccc2F)cc1. The maximum absolute atomic E-state index is 14.5. The number of amides is 2. The fourth-order valence-corrected chi connectivity index (χ4v) is 4.60. The average molecular weight is 550 g/mol.